The average molecular weight is 466 g/mol. The molecule has 0 radical (unpaired) electrons. The van der Waals surface area contributed by atoms with Gasteiger partial charge in [-0.1, -0.05) is 0 Å². The second kappa shape index (κ2) is 11.6. The van der Waals surface area contributed by atoms with Gasteiger partial charge in [0.1, 0.15) is 5.75 Å². The molecule has 1 amide bonds. The van der Waals surface area contributed by atoms with Crippen molar-refractivity contribution in [2.24, 2.45) is 0 Å². The van der Waals surface area contributed by atoms with Crippen LogP contribution in [0.2, 0.25) is 0 Å². The minimum Gasteiger partial charge on any atom is -0.497 e. The lowest BCUT2D eigenvalue weighted by molar-refractivity contribution is -0.116. The Morgan fingerprint density at radius 2 is 1.65 bits per heavy atom. The van der Waals surface area contributed by atoms with E-state index in [1.54, 1.807) is 25.3 Å². The highest BCUT2D eigenvalue weighted by Gasteiger charge is 2.12. The number of hydrogen-bond donors (Lipinski definition) is 1. The van der Waals surface area contributed by atoms with Crippen LogP contribution in [0.4, 0.5) is 0 Å². The summed E-state index contributed by atoms with van der Waals surface area (Å²) in [5, 5.41) is 2.75. The molecule has 3 rings (SSSR count). The summed E-state index contributed by atoms with van der Waals surface area (Å²) in [6, 6.07) is 12.2. The van der Waals surface area contributed by atoms with Crippen molar-refractivity contribution >= 4 is 12.0 Å². The number of ether oxygens (including phenoxy) is 4. The van der Waals surface area contributed by atoms with Gasteiger partial charge in [0.2, 0.25) is 11.7 Å². The number of carbonyl (C=O) groups excluding carboxylic acids is 1. The van der Waals surface area contributed by atoms with Crippen molar-refractivity contribution < 1.29 is 23.7 Å². The predicted octanol–water partition coefficient (Wildman–Crippen LogP) is 2.77. The van der Waals surface area contributed by atoms with E-state index in [1.165, 1.54) is 44.4 Å². The molecule has 2 aromatic carbocycles. The molecule has 0 aliphatic heterocycles. The highest BCUT2D eigenvalue weighted by molar-refractivity contribution is 5.91. The van der Waals surface area contributed by atoms with Gasteiger partial charge >= 0.3 is 0 Å². The van der Waals surface area contributed by atoms with Gasteiger partial charge in [0.15, 0.2) is 11.5 Å². The van der Waals surface area contributed by atoms with Crippen molar-refractivity contribution in [2.45, 2.75) is 6.54 Å². The van der Waals surface area contributed by atoms with E-state index < -0.39 is 0 Å². The summed E-state index contributed by atoms with van der Waals surface area (Å²) in [5.74, 6) is 1.89. The zero-order valence-corrected chi connectivity index (χ0v) is 19.5. The van der Waals surface area contributed by atoms with Gasteiger partial charge in [-0.3, -0.25) is 14.2 Å². The molecule has 1 heterocycles. The van der Waals surface area contributed by atoms with E-state index in [4.69, 9.17) is 18.9 Å². The van der Waals surface area contributed by atoms with E-state index in [9.17, 15) is 9.59 Å². The Balaban J connectivity index is 1.58. The SMILES string of the molecule is COc1ccc(-c2cc(=O)n(CCNC(=O)/C=C/c3cc(OC)c(OC)c(OC)c3)cn2)cc1. The average Bonchev–Trinajstić information content (AvgIpc) is 2.87. The number of nitrogens with zero attached hydrogens (tertiary/aromatic N) is 2. The fourth-order valence-electron chi connectivity index (χ4n) is 3.24. The van der Waals surface area contributed by atoms with Gasteiger partial charge in [-0.25, -0.2) is 4.98 Å². The molecule has 9 heteroatoms. The van der Waals surface area contributed by atoms with Crippen molar-refractivity contribution in [1.29, 1.82) is 0 Å². The molecule has 0 fully saturated rings. The molecular formula is C25H27N3O6. The van der Waals surface area contributed by atoms with Gasteiger partial charge in [-0.2, -0.15) is 0 Å². The van der Waals surface area contributed by atoms with Crippen LogP contribution >= 0.6 is 0 Å². The number of methoxy groups -OCH3 is 4. The second-order valence-electron chi connectivity index (χ2n) is 7.12. The molecule has 0 aliphatic rings. The third kappa shape index (κ3) is 5.94. The summed E-state index contributed by atoms with van der Waals surface area (Å²) in [6.07, 6.45) is 4.51. The zero-order chi connectivity index (χ0) is 24.5. The van der Waals surface area contributed by atoms with Crippen molar-refractivity contribution in [3.05, 3.63) is 70.8 Å². The number of amides is 1. The van der Waals surface area contributed by atoms with E-state index in [1.807, 2.05) is 24.3 Å². The lowest BCUT2D eigenvalue weighted by atomic mass is 10.1. The maximum Gasteiger partial charge on any atom is 0.253 e. The molecule has 0 bridgehead atoms. The quantitative estimate of drug-likeness (QED) is 0.460. The molecule has 3 aromatic rings. The summed E-state index contributed by atoms with van der Waals surface area (Å²) in [6.45, 7) is 0.556. The van der Waals surface area contributed by atoms with Crippen LogP contribution in [0.5, 0.6) is 23.0 Å². The fourth-order valence-corrected chi connectivity index (χ4v) is 3.24. The van der Waals surface area contributed by atoms with Gasteiger partial charge < -0.3 is 24.3 Å². The topological polar surface area (TPSA) is 101 Å². The van der Waals surface area contributed by atoms with E-state index in [0.29, 0.717) is 35.1 Å². The lowest BCUT2D eigenvalue weighted by Crippen LogP contribution is -2.29. The predicted molar refractivity (Wildman–Crippen MR) is 129 cm³/mol. The summed E-state index contributed by atoms with van der Waals surface area (Å²) >= 11 is 0. The Hall–Kier alpha value is -4.27. The van der Waals surface area contributed by atoms with Crippen LogP contribution in [0.1, 0.15) is 5.56 Å². The number of hydrogen-bond acceptors (Lipinski definition) is 7. The number of aromatic nitrogens is 2. The maximum atomic E-state index is 12.4. The van der Waals surface area contributed by atoms with Crippen LogP contribution in [0.3, 0.4) is 0 Å². The molecule has 0 aliphatic carbocycles. The van der Waals surface area contributed by atoms with Crippen LogP contribution in [0, 0.1) is 0 Å². The van der Waals surface area contributed by atoms with Crippen LogP contribution in [0.15, 0.2) is 59.7 Å². The van der Waals surface area contributed by atoms with Gasteiger partial charge in [0.25, 0.3) is 5.56 Å². The minimum absolute atomic E-state index is 0.206. The standard InChI is InChI=1S/C25H27N3O6/c1-31-19-8-6-18(7-9-19)20-15-24(30)28(16-27-20)12-11-26-23(29)10-5-17-13-21(32-2)25(34-4)22(14-17)33-3/h5-10,13-16H,11-12H2,1-4H3,(H,26,29)/b10-5+. The normalized spacial score (nSPS) is 10.7. The first kappa shape index (κ1) is 24.4. The molecule has 34 heavy (non-hydrogen) atoms. The zero-order valence-electron chi connectivity index (χ0n) is 19.5. The van der Waals surface area contributed by atoms with Crippen LogP contribution in [-0.2, 0) is 11.3 Å². The fraction of sp³-hybridized carbons (Fsp3) is 0.240. The van der Waals surface area contributed by atoms with Crippen molar-refractivity contribution in [1.82, 2.24) is 14.9 Å². The Morgan fingerprint density at radius 3 is 2.21 bits per heavy atom. The highest BCUT2D eigenvalue weighted by atomic mass is 16.5. The van der Waals surface area contributed by atoms with E-state index in [0.717, 1.165) is 11.3 Å². The Kier molecular flexibility index (Phi) is 8.28. The molecule has 1 aromatic heterocycles. The lowest BCUT2D eigenvalue weighted by Gasteiger charge is -2.12. The molecule has 0 spiro atoms. The summed E-state index contributed by atoms with van der Waals surface area (Å²) < 4.78 is 22.5. The van der Waals surface area contributed by atoms with Crippen molar-refractivity contribution in [3.8, 4) is 34.3 Å². The molecule has 0 saturated carbocycles. The molecule has 9 nitrogen and oxygen atoms in total. The second-order valence-corrected chi connectivity index (χ2v) is 7.12. The monoisotopic (exact) mass is 465 g/mol. The summed E-state index contributed by atoms with van der Waals surface area (Å²) in [7, 11) is 6.17. The Bertz CT molecular complexity index is 1190. The van der Waals surface area contributed by atoms with Crippen LogP contribution < -0.4 is 29.8 Å². The largest absolute Gasteiger partial charge is 0.497 e. The Labute approximate surface area is 197 Å². The van der Waals surface area contributed by atoms with Gasteiger partial charge in [-0.15, -0.1) is 0 Å². The van der Waals surface area contributed by atoms with Gasteiger partial charge in [-0.05, 0) is 48.0 Å². The van der Waals surface area contributed by atoms with Crippen molar-refractivity contribution in [2.75, 3.05) is 35.0 Å². The first-order valence-electron chi connectivity index (χ1n) is 10.5. The molecule has 1 N–H and O–H groups in total. The number of carbonyl (C=O) groups is 1. The molecule has 0 unspecified atom stereocenters. The van der Waals surface area contributed by atoms with E-state index in [-0.39, 0.29) is 18.0 Å². The smallest absolute Gasteiger partial charge is 0.253 e. The number of nitrogens with one attached hydrogen (secondary N) is 1. The first-order valence-corrected chi connectivity index (χ1v) is 10.5. The van der Waals surface area contributed by atoms with Crippen LogP contribution in [-0.4, -0.2) is 50.4 Å². The number of benzene rings is 2. The highest BCUT2D eigenvalue weighted by Crippen LogP contribution is 2.38. The Morgan fingerprint density at radius 1 is 0.971 bits per heavy atom. The first-order chi connectivity index (χ1) is 16.5. The molecule has 0 saturated heterocycles. The summed E-state index contributed by atoms with van der Waals surface area (Å²) in [5.41, 5.74) is 1.89. The molecular weight excluding hydrogens is 438 g/mol. The third-order valence-electron chi connectivity index (χ3n) is 5.03. The van der Waals surface area contributed by atoms with Crippen LogP contribution in [0.25, 0.3) is 17.3 Å². The van der Waals surface area contributed by atoms with Gasteiger partial charge in [0.05, 0.1) is 40.5 Å². The van der Waals surface area contributed by atoms with Crippen molar-refractivity contribution in [3.63, 3.8) is 0 Å². The van der Waals surface area contributed by atoms with Gasteiger partial charge in [0, 0.05) is 30.8 Å². The summed E-state index contributed by atoms with van der Waals surface area (Å²) in [4.78, 5) is 29.0. The number of rotatable bonds is 10. The third-order valence-corrected chi connectivity index (χ3v) is 5.03. The maximum absolute atomic E-state index is 12.4. The minimum atomic E-state index is -0.301. The molecule has 178 valence electrons. The van der Waals surface area contributed by atoms with E-state index >= 15 is 0 Å². The molecule has 0 atom stereocenters. The van der Waals surface area contributed by atoms with E-state index in [2.05, 4.69) is 10.3 Å².